The molecule has 5 nitrogen and oxygen atoms in total. The number of nitrogens with zero attached hydrogens (tertiary/aromatic N) is 1. The average Bonchev–Trinajstić information content (AvgIpc) is 3.53. The van der Waals surface area contributed by atoms with Gasteiger partial charge in [-0.3, -0.25) is 4.79 Å². The summed E-state index contributed by atoms with van der Waals surface area (Å²) >= 11 is 12.1. The predicted octanol–water partition coefficient (Wildman–Crippen LogP) is 8.83. The normalized spacial score (nSPS) is 12.1. The molecule has 1 atom stereocenters. The highest BCUT2D eigenvalue weighted by Gasteiger charge is 2.15. The van der Waals surface area contributed by atoms with Gasteiger partial charge in [0, 0.05) is 16.8 Å². The summed E-state index contributed by atoms with van der Waals surface area (Å²) in [5.74, 6) is 1.36. The van der Waals surface area contributed by atoms with Gasteiger partial charge in [0.2, 0.25) is 5.89 Å². The number of furan rings is 1. The van der Waals surface area contributed by atoms with Gasteiger partial charge in [0.05, 0.1) is 10.0 Å². The van der Waals surface area contributed by atoms with Crippen LogP contribution in [0.4, 0.5) is 5.69 Å². The van der Waals surface area contributed by atoms with Crippen LogP contribution in [0.2, 0.25) is 10.0 Å². The third-order valence-corrected chi connectivity index (χ3v) is 6.76. The Bertz CT molecular complexity index is 1520. The first-order valence-electron chi connectivity index (χ1n) is 11.3. The second-order valence-electron chi connectivity index (χ2n) is 8.38. The van der Waals surface area contributed by atoms with Crippen LogP contribution in [0.25, 0.3) is 33.9 Å². The van der Waals surface area contributed by atoms with E-state index < -0.39 is 0 Å². The molecule has 3 aromatic carbocycles. The third kappa shape index (κ3) is 4.83. The van der Waals surface area contributed by atoms with Crippen LogP contribution in [-0.2, 0) is 0 Å². The van der Waals surface area contributed by atoms with Gasteiger partial charge in [0.25, 0.3) is 5.91 Å². The van der Waals surface area contributed by atoms with Crippen LogP contribution in [0.1, 0.15) is 42.3 Å². The summed E-state index contributed by atoms with van der Waals surface area (Å²) in [6, 6.07) is 22.0. The third-order valence-electron chi connectivity index (χ3n) is 6.02. The molecule has 176 valence electrons. The molecule has 35 heavy (non-hydrogen) atoms. The molecule has 0 aliphatic rings. The molecule has 7 heteroatoms. The Balaban J connectivity index is 1.30. The lowest BCUT2D eigenvalue weighted by Crippen LogP contribution is -2.10. The molecule has 2 aromatic heterocycles. The number of carbonyl (C=O) groups excluding carboxylic acids is 1. The molecule has 0 saturated heterocycles. The van der Waals surface area contributed by atoms with Gasteiger partial charge in [-0.05, 0) is 84.6 Å². The van der Waals surface area contributed by atoms with Crippen LogP contribution in [0, 0.1) is 0 Å². The number of hydrogen-bond donors (Lipinski definition) is 1. The van der Waals surface area contributed by atoms with Gasteiger partial charge >= 0.3 is 0 Å². The fraction of sp³-hybridized carbons (Fsp3) is 0.143. The molecule has 5 aromatic rings. The standard InChI is InChI=1S/C28H22Cl2N2O3/c1-3-16(2)18-7-11-25-23(15-18)32-28(35-25)17-4-8-20(9-5-17)31-27(33)26-13-12-24(34-26)19-6-10-21(29)22(30)14-19/h4-16H,3H2,1-2H3,(H,31,33)/t16-/m1/s1. The summed E-state index contributed by atoms with van der Waals surface area (Å²) < 4.78 is 11.7. The first kappa shape index (κ1) is 23.2. The SMILES string of the molecule is CC[C@@H](C)c1ccc2oc(-c3ccc(NC(=O)c4ccc(-c5ccc(Cl)c(Cl)c5)o4)cc3)nc2c1. The number of anilines is 1. The van der Waals surface area contributed by atoms with Gasteiger partial charge in [0.15, 0.2) is 11.3 Å². The minimum Gasteiger partial charge on any atom is -0.451 e. The molecule has 1 N–H and O–H groups in total. The van der Waals surface area contributed by atoms with Crippen molar-refractivity contribution in [1.82, 2.24) is 4.98 Å². The van der Waals surface area contributed by atoms with Gasteiger partial charge in [-0.1, -0.05) is 43.1 Å². The predicted molar refractivity (Wildman–Crippen MR) is 140 cm³/mol. The van der Waals surface area contributed by atoms with Crippen molar-refractivity contribution < 1.29 is 13.6 Å². The summed E-state index contributed by atoms with van der Waals surface area (Å²) in [4.78, 5) is 17.3. The van der Waals surface area contributed by atoms with E-state index >= 15 is 0 Å². The molecule has 0 aliphatic heterocycles. The average molecular weight is 505 g/mol. The molecule has 5 rings (SSSR count). The summed E-state index contributed by atoms with van der Waals surface area (Å²) in [6.07, 6.45) is 1.07. The number of oxazole rings is 1. The Morgan fingerprint density at radius 1 is 0.914 bits per heavy atom. The van der Waals surface area contributed by atoms with Crippen LogP contribution in [0.15, 0.2) is 81.6 Å². The highest BCUT2D eigenvalue weighted by Crippen LogP contribution is 2.31. The molecule has 0 spiro atoms. The van der Waals surface area contributed by atoms with Crippen molar-refractivity contribution >= 4 is 45.9 Å². The van der Waals surface area contributed by atoms with Gasteiger partial charge in [-0.2, -0.15) is 0 Å². The zero-order chi connectivity index (χ0) is 24.5. The maximum atomic E-state index is 12.7. The molecular formula is C28H22Cl2N2O3. The fourth-order valence-electron chi connectivity index (χ4n) is 3.76. The second kappa shape index (κ2) is 9.61. The smallest absolute Gasteiger partial charge is 0.291 e. The lowest BCUT2D eigenvalue weighted by atomic mass is 9.98. The van der Waals surface area contributed by atoms with Crippen LogP contribution >= 0.6 is 23.2 Å². The first-order chi connectivity index (χ1) is 16.9. The van der Waals surface area contributed by atoms with Crippen molar-refractivity contribution in [3.8, 4) is 22.8 Å². The molecule has 0 aliphatic carbocycles. The first-order valence-corrected chi connectivity index (χ1v) is 12.0. The lowest BCUT2D eigenvalue weighted by molar-refractivity contribution is 0.0997. The van der Waals surface area contributed by atoms with Gasteiger partial charge < -0.3 is 14.2 Å². The van der Waals surface area contributed by atoms with E-state index in [2.05, 4.69) is 36.3 Å². The molecule has 0 fully saturated rings. The number of rotatable bonds is 6. The van der Waals surface area contributed by atoms with Crippen LogP contribution in [0.3, 0.4) is 0 Å². The maximum absolute atomic E-state index is 12.7. The van der Waals surface area contributed by atoms with Crippen molar-refractivity contribution in [1.29, 1.82) is 0 Å². The number of fused-ring (bicyclic) bond motifs is 1. The Kier molecular flexibility index (Phi) is 6.37. The second-order valence-corrected chi connectivity index (χ2v) is 9.19. The lowest BCUT2D eigenvalue weighted by Gasteiger charge is -2.07. The summed E-state index contributed by atoms with van der Waals surface area (Å²) in [7, 11) is 0. The zero-order valence-corrected chi connectivity index (χ0v) is 20.7. The summed E-state index contributed by atoms with van der Waals surface area (Å²) in [6.45, 7) is 4.37. The van der Waals surface area contributed by atoms with Crippen molar-refractivity contribution in [3.05, 3.63) is 94.2 Å². The van der Waals surface area contributed by atoms with Crippen molar-refractivity contribution in [2.75, 3.05) is 5.32 Å². The maximum Gasteiger partial charge on any atom is 0.291 e. The number of halogens is 2. The highest BCUT2D eigenvalue weighted by molar-refractivity contribution is 6.42. The van der Waals surface area contributed by atoms with Crippen molar-refractivity contribution in [2.24, 2.45) is 0 Å². The fourth-order valence-corrected chi connectivity index (χ4v) is 4.06. The van der Waals surface area contributed by atoms with E-state index in [9.17, 15) is 4.79 Å². The van der Waals surface area contributed by atoms with Crippen molar-refractivity contribution in [3.63, 3.8) is 0 Å². The Labute approximate surface area is 212 Å². The Hall–Kier alpha value is -3.54. The molecular weight excluding hydrogens is 483 g/mol. The number of aromatic nitrogens is 1. The van der Waals surface area contributed by atoms with Gasteiger partial charge in [0.1, 0.15) is 11.3 Å². The number of amides is 1. The van der Waals surface area contributed by atoms with Crippen LogP contribution in [-0.4, -0.2) is 10.9 Å². The Morgan fingerprint density at radius 2 is 1.69 bits per heavy atom. The molecule has 0 unspecified atom stereocenters. The van der Waals surface area contributed by atoms with Crippen LogP contribution < -0.4 is 5.32 Å². The molecule has 0 saturated carbocycles. The molecule has 1 amide bonds. The van der Waals surface area contributed by atoms with E-state index in [1.54, 1.807) is 42.5 Å². The highest BCUT2D eigenvalue weighted by atomic mass is 35.5. The number of hydrogen-bond acceptors (Lipinski definition) is 4. The summed E-state index contributed by atoms with van der Waals surface area (Å²) in [5, 5.41) is 3.72. The van der Waals surface area contributed by atoms with Gasteiger partial charge in [-0.15, -0.1) is 0 Å². The minimum atomic E-state index is -0.358. The topological polar surface area (TPSA) is 68.3 Å². The van der Waals surface area contributed by atoms with E-state index in [0.29, 0.717) is 33.3 Å². The largest absolute Gasteiger partial charge is 0.451 e. The number of carbonyl (C=O) groups is 1. The number of benzene rings is 3. The van der Waals surface area contributed by atoms with E-state index in [1.165, 1.54) is 5.56 Å². The monoisotopic (exact) mass is 504 g/mol. The van der Waals surface area contributed by atoms with Crippen molar-refractivity contribution in [2.45, 2.75) is 26.2 Å². The summed E-state index contributed by atoms with van der Waals surface area (Å²) in [5.41, 5.74) is 5.02. The van der Waals surface area contributed by atoms with E-state index in [-0.39, 0.29) is 11.7 Å². The number of nitrogens with one attached hydrogen (secondary N) is 1. The van der Waals surface area contributed by atoms with Crippen LogP contribution in [0.5, 0.6) is 0 Å². The molecule has 0 bridgehead atoms. The van der Waals surface area contributed by atoms with E-state index in [4.69, 9.17) is 32.0 Å². The Morgan fingerprint density at radius 3 is 2.43 bits per heavy atom. The minimum absolute atomic E-state index is 0.186. The van der Waals surface area contributed by atoms with E-state index in [1.807, 2.05) is 18.2 Å². The van der Waals surface area contributed by atoms with E-state index in [0.717, 1.165) is 28.6 Å². The van der Waals surface area contributed by atoms with Gasteiger partial charge in [-0.25, -0.2) is 4.98 Å². The molecule has 0 radical (unpaired) electrons. The molecule has 2 heterocycles. The quantitative estimate of drug-likeness (QED) is 0.250. The zero-order valence-electron chi connectivity index (χ0n) is 19.1.